The third-order valence-corrected chi connectivity index (χ3v) is 3.42. The van der Waals surface area contributed by atoms with Crippen molar-refractivity contribution in [3.63, 3.8) is 0 Å². The van der Waals surface area contributed by atoms with Gasteiger partial charge in [-0.25, -0.2) is 13.1 Å². The van der Waals surface area contributed by atoms with Crippen molar-refractivity contribution < 1.29 is 17.9 Å². The second-order valence-corrected chi connectivity index (χ2v) is 6.51. The SMILES string of the molecule is CS(=O)(=O)NC(=O)c1ccc(Oc2ccc(C#N)c(C#N)c2)cc1. The van der Waals surface area contributed by atoms with Crippen LogP contribution < -0.4 is 9.46 Å². The van der Waals surface area contributed by atoms with Crippen LogP contribution in [0.3, 0.4) is 0 Å². The fourth-order valence-electron chi connectivity index (χ4n) is 1.81. The number of carbonyl (C=O) groups excluding carboxylic acids is 1. The van der Waals surface area contributed by atoms with E-state index in [0.29, 0.717) is 11.5 Å². The lowest BCUT2D eigenvalue weighted by Gasteiger charge is -2.07. The summed E-state index contributed by atoms with van der Waals surface area (Å²) in [4.78, 5) is 11.7. The molecule has 2 aromatic rings. The van der Waals surface area contributed by atoms with Crippen LogP contribution in [0.4, 0.5) is 0 Å². The quantitative estimate of drug-likeness (QED) is 0.907. The normalized spacial score (nSPS) is 10.3. The zero-order valence-electron chi connectivity index (χ0n) is 12.5. The first kappa shape index (κ1) is 17.0. The van der Waals surface area contributed by atoms with E-state index >= 15 is 0 Å². The minimum Gasteiger partial charge on any atom is -0.457 e. The minimum atomic E-state index is -3.63. The molecule has 1 N–H and O–H groups in total. The number of ether oxygens (including phenoxy) is 1. The van der Waals surface area contributed by atoms with Crippen LogP contribution in [0.2, 0.25) is 0 Å². The third kappa shape index (κ3) is 4.32. The standard InChI is InChI=1S/C16H11N3O4S/c1-24(21,22)19-16(20)11-2-5-14(6-3-11)23-15-7-4-12(9-17)13(8-15)10-18/h2-8H,1H3,(H,19,20). The average Bonchev–Trinajstić information content (AvgIpc) is 2.53. The first-order valence-corrected chi connectivity index (χ1v) is 8.46. The van der Waals surface area contributed by atoms with E-state index in [1.807, 2.05) is 16.9 Å². The van der Waals surface area contributed by atoms with Gasteiger partial charge in [0.05, 0.1) is 17.4 Å². The summed E-state index contributed by atoms with van der Waals surface area (Å²) in [5, 5.41) is 17.9. The van der Waals surface area contributed by atoms with Gasteiger partial charge in [0.1, 0.15) is 23.6 Å². The average molecular weight is 341 g/mol. The Hall–Kier alpha value is -3.36. The zero-order valence-corrected chi connectivity index (χ0v) is 13.3. The Morgan fingerprint density at radius 2 is 1.58 bits per heavy atom. The van der Waals surface area contributed by atoms with E-state index in [-0.39, 0.29) is 16.7 Å². The van der Waals surface area contributed by atoms with Crippen molar-refractivity contribution in [2.45, 2.75) is 0 Å². The molecular weight excluding hydrogens is 330 g/mol. The molecule has 0 saturated heterocycles. The van der Waals surface area contributed by atoms with Crippen molar-refractivity contribution in [3.05, 3.63) is 59.2 Å². The molecule has 120 valence electrons. The minimum absolute atomic E-state index is 0.158. The Labute approximate surface area is 138 Å². The van der Waals surface area contributed by atoms with Gasteiger partial charge in [-0.1, -0.05) is 0 Å². The molecule has 0 saturated carbocycles. The van der Waals surface area contributed by atoms with E-state index in [0.717, 1.165) is 6.26 Å². The summed E-state index contributed by atoms with van der Waals surface area (Å²) in [6.07, 6.45) is 0.889. The van der Waals surface area contributed by atoms with Gasteiger partial charge in [0.25, 0.3) is 5.91 Å². The Balaban J connectivity index is 2.17. The molecule has 2 rings (SSSR count). The van der Waals surface area contributed by atoms with E-state index < -0.39 is 15.9 Å². The van der Waals surface area contributed by atoms with Gasteiger partial charge in [0.2, 0.25) is 10.0 Å². The van der Waals surface area contributed by atoms with Crippen LogP contribution in [0.5, 0.6) is 11.5 Å². The molecule has 1 amide bonds. The lowest BCUT2D eigenvalue weighted by atomic mass is 10.1. The third-order valence-electron chi connectivity index (χ3n) is 2.86. The predicted molar refractivity (Wildman–Crippen MR) is 84.7 cm³/mol. The van der Waals surface area contributed by atoms with Crippen molar-refractivity contribution >= 4 is 15.9 Å². The Kier molecular flexibility index (Phi) is 4.83. The summed E-state index contributed by atoms with van der Waals surface area (Å²) in [5.41, 5.74) is 0.599. The predicted octanol–water partition coefficient (Wildman–Crippen LogP) is 1.91. The van der Waals surface area contributed by atoms with Gasteiger partial charge in [0, 0.05) is 5.56 Å². The molecule has 0 aliphatic carbocycles. The van der Waals surface area contributed by atoms with Gasteiger partial charge in [0.15, 0.2) is 0 Å². The monoisotopic (exact) mass is 341 g/mol. The van der Waals surface area contributed by atoms with Crippen LogP contribution in [0, 0.1) is 22.7 Å². The first-order chi connectivity index (χ1) is 11.3. The molecule has 0 aromatic heterocycles. The summed E-state index contributed by atoms with van der Waals surface area (Å²) in [6, 6.07) is 14.1. The van der Waals surface area contributed by atoms with Crippen LogP contribution in [0.25, 0.3) is 0 Å². The van der Waals surface area contributed by atoms with Crippen LogP contribution >= 0.6 is 0 Å². The van der Waals surface area contributed by atoms with Gasteiger partial charge in [-0.3, -0.25) is 4.79 Å². The molecule has 0 spiro atoms. The molecule has 0 heterocycles. The second-order valence-electron chi connectivity index (χ2n) is 4.76. The van der Waals surface area contributed by atoms with Gasteiger partial charge < -0.3 is 4.74 Å². The molecular formula is C16H11N3O4S. The highest BCUT2D eigenvalue weighted by Gasteiger charge is 2.11. The summed E-state index contributed by atoms with van der Waals surface area (Å²) < 4.78 is 29.5. The molecule has 0 bridgehead atoms. The topological polar surface area (TPSA) is 120 Å². The van der Waals surface area contributed by atoms with Crippen LogP contribution in [0.1, 0.15) is 21.5 Å². The number of amides is 1. The van der Waals surface area contributed by atoms with Crippen molar-refractivity contribution in [2.75, 3.05) is 6.26 Å². The molecule has 0 unspecified atom stereocenters. The zero-order chi connectivity index (χ0) is 17.7. The lowest BCUT2D eigenvalue weighted by molar-refractivity contribution is 0.0981. The van der Waals surface area contributed by atoms with E-state index in [9.17, 15) is 13.2 Å². The van der Waals surface area contributed by atoms with Crippen molar-refractivity contribution in [1.29, 1.82) is 10.5 Å². The molecule has 0 fully saturated rings. The summed E-state index contributed by atoms with van der Waals surface area (Å²) in [5.74, 6) is 0.00702. The Bertz CT molecular complexity index is 968. The van der Waals surface area contributed by atoms with Gasteiger partial charge in [-0.05, 0) is 42.5 Å². The van der Waals surface area contributed by atoms with E-state index in [1.165, 1.54) is 36.4 Å². The largest absolute Gasteiger partial charge is 0.457 e. The first-order valence-electron chi connectivity index (χ1n) is 6.56. The number of hydrogen-bond donors (Lipinski definition) is 1. The molecule has 0 atom stereocenters. The van der Waals surface area contributed by atoms with Gasteiger partial charge in [-0.2, -0.15) is 10.5 Å². The molecule has 0 aliphatic heterocycles. The maximum atomic E-state index is 11.7. The highest BCUT2D eigenvalue weighted by atomic mass is 32.2. The number of nitriles is 2. The molecule has 24 heavy (non-hydrogen) atoms. The van der Waals surface area contributed by atoms with Crippen LogP contribution in [0.15, 0.2) is 42.5 Å². The van der Waals surface area contributed by atoms with Crippen molar-refractivity contribution in [3.8, 4) is 23.6 Å². The molecule has 7 nitrogen and oxygen atoms in total. The molecule has 0 aliphatic rings. The Morgan fingerprint density at radius 3 is 2.12 bits per heavy atom. The number of sulfonamides is 1. The number of nitrogens with one attached hydrogen (secondary N) is 1. The smallest absolute Gasteiger partial charge is 0.264 e. The maximum absolute atomic E-state index is 11.7. The lowest BCUT2D eigenvalue weighted by Crippen LogP contribution is -2.29. The van der Waals surface area contributed by atoms with Crippen molar-refractivity contribution in [2.24, 2.45) is 0 Å². The molecule has 8 heteroatoms. The van der Waals surface area contributed by atoms with Crippen LogP contribution in [-0.2, 0) is 10.0 Å². The molecule has 2 aromatic carbocycles. The second kappa shape index (κ2) is 6.82. The highest BCUT2D eigenvalue weighted by Crippen LogP contribution is 2.24. The number of hydrogen-bond acceptors (Lipinski definition) is 6. The fraction of sp³-hybridized carbons (Fsp3) is 0.0625. The van der Waals surface area contributed by atoms with E-state index in [2.05, 4.69) is 0 Å². The van der Waals surface area contributed by atoms with Crippen LogP contribution in [-0.4, -0.2) is 20.6 Å². The Morgan fingerprint density at radius 1 is 1.00 bits per heavy atom. The molecule has 0 radical (unpaired) electrons. The van der Waals surface area contributed by atoms with E-state index in [4.69, 9.17) is 15.3 Å². The number of benzene rings is 2. The van der Waals surface area contributed by atoms with Crippen molar-refractivity contribution in [1.82, 2.24) is 4.72 Å². The fourth-order valence-corrected chi connectivity index (χ4v) is 2.27. The van der Waals surface area contributed by atoms with Gasteiger partial charge >= 0.3 is 0 Å². The number of rotatable bonds is 4. The summed E-state index contributed by atoms with van der Waals surface area (Å²) >= 11 is 0. The van der Waals surface area contributed by atoms with Gasteiger partial charge in [-0.15, -0.1) is 0 Å². The summed E-state index contributed by atoms with van der Waals surface area (Å²) in [7, 11) is -3.63. The number of carbonyl (C=O) groups is 1. The summed E-state index contributed by atoms with van der Waals surface area (Å²) in [6.45, 7) is 0. The number of nitrogens with zero attached hydrogens (tertiary/aromatic N) is 2. The maximum Gasteiger partial charge on any atom is 0.264 e. The van der Waals surface area contributed by atoms with E-state index in [1.54, 1.807) is 6.07 Å². The highest BCUT2D eigenvalue weighted by molar-refractivity contribution is 7.89.